The molecule has 10 heavy (non-hydrogen) atoms. The van der Waals surface area contributed by atoms with Gasteiger partial charge < -0.3 is 19.9 Å². The molecule has 0 amide bonds. The summed E-state index contributed by atoms with van der Waals surface area (Å²) in [5.41, 5.74) is 5.46. The molecular formula is C5H12NO3P. The van der Waals surface area contributed by atoms with Crippen LogP contribution in [-0.4, -0.2) is 23.8 Å². The number of hydrogen-bond acceptors (Lipinski definition) is 4. The maximum atomic E-state index is 8.31. The van der Waals surface area contributed by atoms with Crippen LogP contribution in [0, 0.1) is 0 Å². The molecule has 60 valence electrons. The molecule has 0 aromatic heterocycles. The van der Waals surface area contributed by atoms with Gasteiger partial charge in [-0.25, -0.2) is 0 Å². The molecule has 0 radical (unpaired) electrons. The van der Waals surface area contributed by atoms with Gasteiger partial charge >= 0.3 is 0 Å². The summed E-state index contributed by atoms with van der Waals surface area (Å²) in [6.45, 7) is 0.461. The van der Waals surface area contributed by atoms with E-state index in [1.807, 2.05) is 0 Å². The minimum absolute atomic E-state index is 0.0923. The summed E-state index contributed by atoms with van der Waals surface area (Å²) in [5.74, 6) is 0. The zero-order valence-electron chi connectivity index (χ0n) is 5.62. The first-order valence-electron chi connectivity index (χ1n) is 3.25. The van der Waals surface area contributed by atoms with E-state index in [9.17, 15) is 0 Å². The third kappa shape index (κ3) is 2.48. The molecule has 0 aromatic carbocycles. The van der Waals surface area contributed by atoms with Crippen LogP contribution in [0.5, 0.6) is 0 Å². The molecule has 5 heteroatoms. The standard InChI is InChI=1S/C5H12NO3P/c6-5-2-1-4(9-5)3-8-10-7/h4-5,7,10H,1-3,6H2/t4-,5+/m0/s1. The highest BCUT2D eigenvalue weighted by Gasteiger charge is 2.21. The van der Waals surface area contributed by atoms with Crippen LogP contribution in [0.1, 0.15) is 12.8 Å². The number of rotatable bonds is 3. The lowest BCUT2D eigenvalue weighted by Crippen LogP contribution is -2.21. The average Bonchev–Trinajstić information content (AvgIpc) is 2.31. The van der Waals surface area contributed by atoms with E-state index in [2.05, 4.69) is 0 Å². The summed E-state index contributed by atoms with van der Waals surface area (Å²) in [7, 11) is -0.444. The fourth-order valence-corrected chi connectivity index (χ4v) is 1.25. The Morgan fingerprint density at radius 3 is 3.00 bits per heavy atom. The van der Waals surface area contributed by atoms with Gasteiger partial charge in [-0.1, -0.05) is 0 Å². The Kier molecular flexibility index (Phi) is 3.52. The number of hydrogen-bond donors (Lipinski definition) is 2. The highest BCUT2D eigenvalue weighted by Crippen LogP contribution is 2.18. The molecule has 1 aliphatic heterocycles. The molecule has 1 aliphatic rings. The summed E-state index contributed by atoms with van der Waals surface area (Å²) in [6, 6.07) is 0. The lowest BCUT2D eigenvalue weighted by atomic mass is 10.2. The topological polar surface area (TPSA) is 64.7 Å². The van der Waals surface area contributed by atoms with E-state index in [1.54, 1.807) is 0 Å². The Labute approximate surface area is 61.6 Å². The summed E-state index contributed by atoms with van der Waals surface area (Å²) in [5, 5.41) is 0. The first kappa shape index (κ1) is 8.37. The molecule has 0 bridgehead atoms. The van der Waals surface area contributed by atoms with Crippen molar-refractivity contribution in [3.63, 3.8) is 0 Å². The van der Waals surface area contributed by atoms with Crippen molar-refractivity contribution in [2.75, 3.05) is 6.61 Å². The van der Waals surface area contributed by atoms with Crippen molar-refractivity contribution in [3.8, 4) is 0 Å². The molecule has 1 unspecified atom stereocenters. The van der Waals surface area contributed by atoms with Crippen molar-refractivity contribution < 1.29 is 14.2 Å². The SMILES string of the molecule is N[C@H]1CC[C@@H](COPO)O1. The minimum Gasteiger partial charge on any atom is -0.358 e. The zero-order valence-corrected chi connectivity index (χ0v) is 6.62. The van der Waals surface area contributed by atoms with Crippen LogP contribution >= 0.6 is 9.03 Å². The second kappa shape index (κ2) is 4.21. The van der Waals surface area contributed by atoms with Crippen LogP contribution in [0.3, 0.4) is 0 Å². The molecule has 0 spiro atoms. The Morgan fingerprint density at radius 1 is 1.70 bits per heavy atom. The highest BCUT2D eigenvalue weighted by atomic mass is 31.1. The zero-order chi connectivity index (χ0) is 7.40. The average molecular weight is 165 g/mol. The predicted molar refractivity (Wildman–Crippen MR) is 38.6 cm³/mol. The number of ether oxygens (including phenoxy) is 1. The summed E-state index contributed by atoms with van der Waals surface area (Å²) < 4.78 is 9.98. The fourth-order valence-electron chi connectivity index (χ4n) is 0.986. The van der Waals surface area contributed by atoms with Crippen molar-refractivity contribution in [2.45, 2.75) is 25.2 Å². The molecule has 0 saturated carbocycles. The van der Waals surface area contributed by atoms with Gasteiger partial charge in [-0.05, 0) is 12.8 Å². The number of nitrogens with two attached hydrogens (primary N) is 1. The molecule has 3 N–H and O–H groups in total. The van der Waals surface area contributed by atoms with Crippen molar-refractivity contribution in [3.05, 3.63) is 0 Å². The van der Waals surface area contributed by atoms with E-state index in [1.165, 1.54) is 0 Å². The van der Waals surface area contributed by atoms with Crippen molar-refractivity contribution in [1.82, 2.24) is 0 Å². The van der Waals surface area contributed by atoms with Crippen LogP contribution in [-0.2, 0) is 9.26 Å². The Bertz CT molecular complexity index is 103. The van der Waals surface area contributed by atoms with Gasteiger partial charge in [-0.2, -0.15) is 0 Å². The molecule has 4 nitrogen and oxygen atoms in total. The van der Waals surface area contributed by atoms with E-state index < -0.39 is 9.03 Å². The van der Waals surface area contributed by atoms with Gasteiger partial charge in [0.2, 0.25) is 0 Å². The Balaban J connectivity index is 2.06. The van der Waals surface area contributed by atoms with Gasteiger partial charge in [0.1, 0.15) is 6.23 Å². The summed E-state index contributed by atoms with van der Waals surface area (Å²) in [4.78, 5) is 8.31. The molecule has 1 saturated heterocycles. The minimum atomic E-state index is -0.444. The quantitative estimate of drug-likeness (QED) is 0.576. The largest absolute Gasteiger partial charge is 0.358 e. The smallest absolute Gasteiger partial charge is 0.152 e. The third-order valence-corrected chi connectivity index (χ3v) is 1.77. The van der Waals surface area contributed by atoms with Gasteiger partial charge in [0.25, 0.3) is 0 Å². The maximum Gasteiger partial charge on any atom is 0.152 e. The van der Waals surface area contributed by atoms with Crippen LogP contribution in [0.4, 0.5) is 0 Å². The van der Waals surface area contributed by atoms with Crippen molar-refractivity contribution in [2.24, 2.45) is 5.73 Å². The van der Waals surface area contributed by atoms with Gasteiger partial charge in [-0.3, -0.25) is 0 Å². The lowest BCUT2D eigenvalue weighted by Gasteiger charge is -2.08. The van der Waals surface area contributed by atoms with Crippen LogP contribution < -0.4 is 5.73 Å². The maximum absolute atomic E-state index is 8.31. The normalized spacial score (nSPS) is 34.2. The van der Waals surface area contributed by atoms with E-state index in [0.29, 0.717) is 6.61 Å². The molecule has 0 aromatic rings. The molecule has 1 rings (SSSR count). The van der Waals surface area contributed by atoms with Gasteiger partial charge in [0.05, 0.1) is 12.7 Å². The van der Waals surface area contributed by atoms with Gasteiger partial charge in [0, 0.05) is 0 Å². The lowest BCUT2D eigenvalue weighted by molar-refractivity contribution is 0.0227. The predicted octanol–water partition coefficient (Wildman–Crippen LogP) is -0.0324. The van der Waals surface area contributed by atoms with Gasteiger partial charge in [-0.15, -0.1) is 0 Å². The van der Waals surface area contributed by atoms with E-state index in [0.717, 1.165) is 12.8 Å². The molecular weight excluding hydrogens is 153 g/mol. The van der Waals surface area contributed by atoms with Crippen LogP contribution in [0.25, 0.3) is 0 Å². The van der Waals surface area contributed by atoms with E-state index in [4.69, 9.17) is 19.9 Å². The third-order valence-electron chi connectivity index (χ3n) is 1.47. The molecule has 0 aliphatic carbocycles. The van der Waals surface area contributed by atoms with Crippen molar-refractivity contribution in [1.29, 1.82) is 0 Å². The molecule has 3 atom stereocenters. The highest BCUT2D eigenvalue weighted by molar-refractivity contribution is 7.24. The second-order valence-electron chi connectivity index (χ2n) is 2.28. The first-order chi connectivity index (χ1) is 4.83. The van der Waals surface area contributed by atoms with E-state index in [-0.39, 0.29) is 12.3 Å². The first-order valence-corrected chi connectivity index (χ1v) is 4.10. The fraction of sp³-hybridized carbons (Fsp3) is 1.00. The monoisotopic (exact) mass is 165 g/mol. The summed E-state index contributed by atoms with van der Waals surface area (Å²) >= 11 is 0. The molecule has 1 fully saturated rings. The second-order valence-corrected chi connectivity index (χ2v) is 2.75. The van der Waals surface area contributed by atoms with Gasteiger partial charge in [0.15, 0.2) is 9.03 Å². The Morgan fingerprint density at radius 2 is 2.50 bits per heavy atom. The molecule has 1 heterocycles. The van der Waals surface area contributed by atoms with E-state index >= 15 is 0 Å². The van der Waals surface area contributed by atoms with Crippen LogP contribution in [0.15, 0.2) is 0 Å². The summed E-state index contributed by atoms with van der Waals surface area (Å²) in [6.07, 6.45) is 1.79. The van der Waals surface area contributed by atoms with Crippen molar-refractivity contribution >= 4 is 9.03 Å². The van der Waals surface area contributed by atoms with Crippen LogP contribution in [0.2, 0.25) is 0 Å². The Hall–Kier alpha value is 0.270.